The molecule has 0 fully saturated rings. The number of esters is 1. The van der Waals surface area contributed by atoms with Crippen LogP contribution >= 0.6 is 0 Å². The summed E-state index contributed by atoms with van der Waals surface area (Å²) in [5, 5.41) is 7.42. The zero-order valence-electron chi connectivity index (χ0n) is 11.7. The topological polar surface area (TPSA) is 63.6 Å². The first-order valence-corrected chi connectivity index (χ1v) is 6.22. The molecule has 0 aliphatic rings. The van der Waals surface area contributed by atoms with Crippen molar-refractivity contribution in [3.8, 4) is 16.9 Å². The van der Waals surface area contributed by atoms with E-state index in [1.165, 1.54) is 0 Å². The van der Waals surface area contributed by atoms with Crippen LogP contribution in [0, 0.1) is 0 Å². The number of aliphatic carboxylic acids is 1. The zero-order valence-corrected chi connectivity index (χ0v) is 11.7. The van der Waals surface area contributed by atoms with E-state index in [1.807, 2.05) is 48.5 Å². The molecule has 2 aromatic carbocycles. The lowest BCUT2D eigenvalue weighted by Gasteiger charge is -2.05. The number of ether oxygens (including phenoxy) is 1. The molecule has 0 amide bonds. The summed E-state index contributed by atoms with van der Waals surface area (Å²) in [6, 6.07) is 17.3. The molecule has 0 aliphatic carbocycles. The third-order valence-corrected chi connectivity index (χ3v) is 2.33. The van der Waals surface area contributed by atoms with Crippen molar-refractivity contribution in [1.82, 2.24) is 0 Å². The standard InChI is InChI=1S/C15H12O2.C2H4O2/c1-2-15(16)17-14-10-6-9-13(11-14)12-7-4-3-5-8-12;1-2(3)4/h2-11H,1H2;1H3,(H,3,4). The number of carboxylic acid groups (broad SMARTS) is 1. The van der Waals surface area contributed by atoms with Crippen molar-refractivity contribution in [2.75, 3.05) is 0 Å². The molecule has 0 atom stereocenters. The van der Waals surface area contributed by atoms with Gasteiger partial charge in [0.15, 0.2) is 0 Å². The fraction of sp³-hybridized carbons (Fsp3) is 0.0588. The molecule has 4 nitrogen and oxygen atoms in total. The van der Waals surface area contributed by atoms with Crippen LogP contribution in [0.25, 0.3) is 11.1 Å². The van der Waals surface area contributed by atoms with Crippen LogP contribution in [-0.2, 0) is 9.59 Å². The van der Waals surface area contributed by atoms with Crippen LogP contribution in [0.15, 0.2) is 67.3 Å². The second-order valence-corrected chi connectivity index (χ2v) is 4.04. The molecule has 0 saturated heterocycles. The highest BCUT2D eigenvalue weighted by Crippen LogP contribution is 2.23. The van der Waals surface area contributed by atoms with Crippen LogP contribution in [0.4, 0.5) is 0 Å². The molecule has 2 aromatic rings. The molecule has 4 heteroatoms. The largest absolute Gasteiger partial charge is 0.481 e. The maximum atomic E-state index is 11.1. The second kappa shape index (κ2) is 8.32. The first kappa shape index (κ1) is 16.2. The Labute approximate surface area is 123 Å². The minimum atomic E-state index is -0.833. The van der Waals surface area contributed by atoms with Crippen molar-refractivity contribution >= 4 is 11.9 Å². The van der Waals surface area contributed by atoms with Crippen LogP contribution < -0.4 is 4.74 Å². The summed E-state index contributed by atoms with van der Waals surface area (Å²) < 4.78 is 5.07. The average molecular weight is 284 g/mol. The average Bonchev–Trinajstić information content (AvgIpc) is 2.48. The van der Waals surface area contributed by atoms with Gasteiger partial charge in [0, 0.05) is 13.0 Å². The van der Waals surface area contributed by atoms with Gasteiger partial charge in [-0.15, -0.1) is 0 Å². The van der Waals surface area contributed by atoms with Gasteiger partial charge >= 0.3 is 5.97 Å². The number of hydrogen-bond donors (Lipinski definition) is 1. The number of hydrogen-bond acceptors (Lipinski definition) is 3. The number of rotatable bonds is 3. The van der Waals surface area contributed by atoms with Gasteiger partial charge in [-0.3, -0.25) is 4.79 Å². The molecular formula is C17H16O4. The molecule has 0 aromatic heterocycles. The lowest BCUT2D eigenvalue weighted by atomic mass is 10.1. The van der Waals surface area contributed by atoms with Crippen molar-refractivity contribution in [2.24, 2.45) is 0 Å². The predicted molar refractivity (Wildman–Crippen MR) is 81.0 cm³/mol. The van der Waals surface area contributed by atoms with E-state index < -0.39 is 11.9 Å². The third kappa shape index (κ3) is 6.20. The molecule has 0 unspecified atom stereocenters. The van der Waals surface area contributed by atoms with Gasteiger partial charge in [0.1, 0.15) is 5.75 Å². The minimum Gasteiger partial charge on any atom is -0.481 e. The van der Waals surface area contributed by atoms with Crippen LogP contribution in [0.1, 0.15) is 6.92 Å². The Balaban J connectivity index is 0.000000491. The predicted octanol–water partition coefficient (Wildman–Crippen LogP) is 3.54. The summed E-state index contributed by atoms with van der Waals surface area (Å²) >= 11 is 0. The quantitative estimate of drug-likeness (QED) is 0.532. The maximum Gasteiger partial charge on any atom is 0.335 e. The highest BCUT2D eigenvalue weighted by Gasteiger charge is 2.02. The lowest BCUT2D eigenvalue weighted by molar-refractivity contribution is -0.134. The molecule has 1 N–H and O–H groups in total. The molecule has 108 valence electrons. The first-order valence-electron chi connectivity index (χ1n) is 6.22. The van der Waals surface area contributed by atoms with Crippen molar-refractivity contribution in [2.45, 2.75) is 6.92 Å². The molecule has 0 radical (unpaired) electrons. The smallest absolute Gasteiger partial charge is 0.335 e. The van der Waals surface area contributed by atoms with Crippen LogP contribution in [0.2, 0.25) is 0 Å². The number of benzene rings is 2. The van der Waals surface area contributed by atoms with Crippen molar-refractivity contribution in [3.63, 3.8) is 0 Å². The number of carbonyl (C=O) groups is 2. The van der Waals surface area contributed by atoms with Gasteiger partial charge in [-0.05, 0) is 23.3 Å². The highest BCUT2D eigenvalue weighted by molar-refractivity contribution is 5.83. The SMILES string of the molecule is C=CC(=O)Oc1cccc(-c2ccccc2)c1.CC(=O)O. The lowest BCUT2D eigenvalue weighted by Crippen LogP contribution is -2.02. The normalized spacial score (nSPS) is 9.00. The van der Waals surface area contributed by atoms with Gasteiger partial charge in [0.2, 0.25) is 0 Å². The molecular weight excluding hydrogens is 268 g/mol. The first-order chi connectivity index (χ1) is 10.0. The van der Waals surface area contributed by atoms with E-state index in [0.717, 1.165) is 24.1 Å². The van der Waals surface area contributed by atoms with E-state index >= 15 is 0 Å². The Morgan fingerprint density at radius 3 is 2.19 bits per heavy atom. The number of carboxylic acids is 1. The van der Waals surface area contributed by atoms with Crippen molar-refractivity contribution in [1.29, 1.82) is 0 Å². The Morgan fingerprint density at radius 2 is 1.62 bits per heavy atom. The molecule has 0 aliphatic heterocycles. The molecule has 21 heavy (non-hydrogen) atoms. The van der Waals surface area contributed by atoms with E-state index in [4.69, 9.17) is 14.6 Å². The van der Waals surface area contributed by atoms with Crippen LogP contribution in [0.5, 0.6) is 5.75 Å². The maximum absolute atomic E-state index is 11.1. The minimum absolute atomic E-state index is 0.449. The van der Waals surface area contributed by atoms with Crippen LogP contribution in [-0.4, -0.2) is 17.0 Å². The van der Waals surface area contributed by atoms with E-state index in [-0.39, 0.29) is 0 Å². The molecule has 2 rings (SSSR count). The summed E-state index contributed by atoms with van der Waals surface area (Å²) in [6.07, 6.45) is 1.15. The second-order valence-electron chi connectivity index (χ2n) is 4.04. The van der Waals surface area contributed by atoms with Gasteiger partial charge in [-0.1, -0.05) is 49.0 Å². The van der Waals surface area contributed by atoms with E-state index in [1.54, 1.807) is 6.07 Å². The Bertz CT molecular complexity index is 614. The summed E-state index contributed by atoms with van der Waals surface area (Å²) in [7, 11) is 0. The zero-order chi connectivity index (χ0) is 15.7. The van der Waals surface area contributed by atoms with E-state index in [0.29, 0.717) is 5.75 Å². The monoisotopic (exact) mass is 284 g/mol. The summed E-state index contributed by atoms with van der Waals surface area (Å²) in [5.74, 6) is -0.758. The van der Waals surface area contributed by atoms with Crippen LogP contribution in [0.3, 0.4) is 0 Å². The summed E-state index contributed by atoms with van der Waals surface area (Å²) in [6.45, 7) is 4.45. The van der Waals surface area contributed by atoms with E-state index in [2.05, 4.69) is 6.58 Å². The summed E-state index contributed by atoms with van der Waals surface area (Å²) in [5.41, 5.74) is 2.10. The van der Waals surface area contributed by atoms with Gasteiger partial charge < -0.3 is 9.84 Å². The Morgan fingerprint density at radius 1 is 1.05 bits per heavy atom. The van der Waals surface area contributed by atoms with Crippen molar-refractivity contribution < 1.29 is 19.4 Å². The molecule has 0 bridgehead atoms. The third-order valence-electron chi connectivity index (χ3n) is 2.33. The Kier molecular flexibility index (Phi) is 6.41. The van der Waals surface area contributed by atoms with Crippen molar-refractivity contribution in [3.05, 3.63) is 67.3 Å². The Hall–Kier alpha value is -2.88. The van der Waals surface area contributed by atoms with Gasteiger partial charge in [-0.25, -0.2) is 4.79 Å². The van der Waals surface area contributed by atoms with Gasteiger partial charge in [0.25, 0.3) is 5.97 Å². The summed E-state index contributed by atoms with van der Waals surface area (Å²) in [4.78, 5) is 20.1. The highest BCUT2D eigenvalue weighted by atomic mass is 16.5. The molecule has 0 heterocycles. The van der Waals surface area contributed by atoms with E-state index in [9.17, 15) is 4.79 Å². The molecule has 0 saturated carbocycles. The fourth-order valence-corrected chi connectivity index (χ4v) is 1.53. The van der Waals surface area contributed by atoms with Gasteiger partial charge in [0.05, 0.1) is 0 Å². The van der Waals surface area contributed by atoms with Gasteiger partial charge in [-0.2, -0.15) is 0 Å². The number of carbonyl (C=O) groups excluding carboxylic acids is 1. The molecule has 0 spiro atoms. The fourth-order valence-electron chi connectivity index (χ4n) is 1.53.